The van der Waals surface area contributed by atoms with Gasteiger partial charge >= 0.3 is 0 Å². The molecule has 2 aliphatic rings. The zero-order chi connectivity index (χ0) is 14.1. The predicted molar refractivity (Wildman–Crippen MR) is 84.4 cm³/mol. The number of nitrogens with two attached hydrogens (primary N) is 1. The fourth-order valence-corrected chi connectivity index (χ4v) is 3.98. The number of piperazine rings is 1. The minimum absolute atomic E-state index is 0.170. The highest BCUT2D eigenvalue weighted by molar-refractivity contribution is 6.42. The average Bonchev–Trinajstić information content (AvgIpc) is 2.92. The molecule has 0 bridgehead atoms. The minimum Gasteiger partial charge on any atom is -0.329 e. The molecule has 2 saturated heterocycles. The molecule has 2 heterocycles. The van der Waals surface area contributed by atoms with Crippen LogP contribution in [0, 0.1) is 0 Å². The fraction of sp³-hybridized carbons (Fsp3) is 0.600. The number of halogens is 2. The lowest BCUT2D eigenvalue weighted by Gasteiger charge is -2.41. The lowest BCUT2D eigenvalue weighted by molar-refractivity contribution is 0.0737. The molecule has 2 fully saturated rings. The van der Waals surface area contributed by atoms with E-state index in [2.05, 4.69) is 9.80 Å². The molecule has 1 aromatic carbocycles. The highest BCUT2D eigenvalue weighted by Gasteiger charge is 2.34. The first-order valence-corrected chi connectivity index (χ1v) is 8.08. The first kappa shape index (κ1) is 14.6. The normalized spacial score (nSPS) is 25.6. The molecule has 1 aromatic rings. The van der Waals surface area contributed by atoms with Crippen molar-refractivity contribution >= 4 is 23.2 Å². The van der Waals surface area contributed by atoms with Gasteiger partial charge in [-0.05, 0) is 31.0 Å². The topological polar surface area (TPSA) is 32.5 Å². The Balaban J connectivity index is 1.81. The molecular weight excluding hydrogens is 293 g/mol. The molecule has 2 unspecified atom stereocenters. The summed E-state index contributed by atoms with van der Waals surface area (Å²) in [6, 6.07) is 6.69. The van der Waals surface area contributed by atoms with E-state index in [-0.39, 0.29) is 6.04 Å². The van der Waals surface area contributed by atoms with Crippen LogP contribution in [0.25, 0.3) is 0 Å². The highest BCUT2D eigenvalue weighted by Crippen LogP contribution is 2.34. The third-order valence-corrected chi connectivity index (χ3v) is 5.46. The maximum atomic E-state index is 6.37. The maximum Gasteiger partial charge on any atom is 0.0640 e. The smallest absolute Gasteiger partial charge is 0.0640 e. The van der Waals surface area contributed by atoms with E-state index in [9.17, 15) is 0 Å². The first-order valence-electron chi connectivity index (χ1n) is 7.32. The highest BCUT2D eigenvalue weighted by atomic mass is 35.5. The predicted octanol–water partition coefficient (Wildman–Crippen LogP) is 2.77. The van der Waals surface area contributed by atoms with Gasteiger partial charge in [-0.3, -0.25) is 9.80 Å². The van der Waals surface area contributed by atoms with E-state index in [4.69, 9.17) is 28.9 Å². The van der Waals surface area contributed by atoms with Gasteiger partial charge in [0.15, 0.2) is 0 Å². The molecule has 0 spiro atoms. The molecule has 3 rings (SSSR count). The lowest BCUT2D eigenvalue weighted by Crippen LogP contribution is -2.52. The summed E-state index contributed by atoms with van der Waals surface area (Å²) in [4.78, 5) is 5.08. The summed E-state index contributed by atoms with van der Waals surface area (Å²) in [5, 5.41) is 1.26. The standard InChI is InChI=1S/C15H21Cl2N3/c16-13-5-1-4-12(15(13)17)14(9-18)20-8-7-19-6-2-3-11(19)10-20/h1,4-5,11,14H,2-3,6-10,18H2. The van der Waals surface area contributed by atoms with Gasteiger partial charge < -0.3 is 5.73 Å². The summed E-state index contributed by atoms with van der Waals surface area (Å²) in [6.07, 6.45) is 2.63. The summed E-state index contributed by atoms with van der Waals surface area (Å²) in [7, 11) is 0. The van der Waals surface area contributed by atoms with Crippen LogP contribution in [-0.2, 0) is 0 Å². The van der Waals surface area contributed by atoms with E-state index < -0.39 is 0 Å². The summed E-state index contributed by atoms with van der Waals surface area (Å²) < 4.78 is 0. The zero-order valence-corrected chi connectivity index (χ0v) is 13.1. The van der Waals surface area contributed by atoms with Crippen LogP contribution in [0.5, 0.6) is 0 Å². The number of hydrogen-bond acceptors (Lipinski definition) is 3. The molecule has 0 aromatic heterocycles. The largest absolute Gasteiger partial charge is 0.329 e. The molecule has 0 radical (unpaired) electrons. The van der Waals surface area contributed by atoms with Gasteiger partial charge in [-0.25, -0.2) is 0 Å². The first-order chi connectivity index (χ1) is 9.70. The molecule has 110 valence electrons. The van der Waals surface area contributed by atoms with Crippen molar-refractivity contribution in [3.63, 3.8) is 0 Å². The third-order valence-electron chi connectivity index (χ3n) is 4.62. The lowest BCUT2D eigenvalue weighted by atomic mass is 10.0. The molecule has 2 N–H and O–H groups in total. The van der Waals surface area contributed by atoms with Gasteiger partial charge in [0.05, 0.1) is 10.0 Å². The maximum absolute atomic E-state index is 6.37. The van der Waals surface area contributed by atoms with Gasteiger partial charge in [0.1, 0.15) is 0 Å². The van der Waals surface area contributed by atoms with Crippen LogP contribution in [0.2, 0.25) is 10.0 Å². The van der Waals surface area contributed by atoms with Crippen molar-refractivity contribution in [2.75, 3.05) is 32.7 Å². The zero-order valence-electron chi connectivity index (χ0n) is 11.6. The molecule has 20 heavy (non-hydrogen) atoms. The number of hydrogen-bond donors (Lipinski definition) is 1. The van der Waals surface area contributed by atoms with Gasteiger partial charge in [0.2, 0.25) is 0 Å². The minimum atomic E-state index is 0.170. The molecule has 3 nitrogen and oxygen atoms in total. The molecule has 0 aliphatic carbocycles. The van der Waals surface area contributed by atoms with E-state index in [0.29, 0.717) is 22.6 Å². The molecule has 0 amide bonds. The Kier molecular flexibility index (Phi) is 4.53. The molecule has 5 heteroatoms. The van der Waals surface area contributed by atoms with Crippen molar-refractivity contribution in [3.05, 3.63) is 33.8 Å². The van der Waals surface area contributed by atoms with Crippen LogP contribution >= 0.6 is 23.2 Å². The van der Waals surface area contributed by atoms with Crippen LogP contribution in [0.4, 0.5) is 0 Å². The van der Waals surface area contributed by atoms with Crippen molar-refractivity contribution in [2.24, 2.45) is 5.73 Å². The van der Waals surface area contributed by atoms with Gasteiger partial charge in [-0.15, -0.1) is 0 Å². The fourth-order valence-electron chi connectivity index (χ4n) is 3.55. The summed E-state index contributed by atoms with van der Waals surface area (Å²) in [6.45, 7) is 5.11. The van der Waals surface area contributed by atoms with Crippen molar-refractivity contribution in [1.82, 2.24) is 9.80 Å². The van der Waals surface area contributed by atoms with Crippen molar-refractivity contribution in [1.29, 1.82) is 0 Å². The second-order valence-corrected chi connectivity index (χ2v) is 6.51. The summed E-state index contributed by atoms with van der Waals surface area (Å²) in [5.74, 6) is 0. The van der Waals surface area contributed by atoms with Crippen molar-refractivity contribution in [2.45, 2.75) is 24.9 Å². The molecule has 2 aliphatic heterocycles. The van der Waals surface area contributed by atoms with Gasteiger partial charge in [-0.2, -0.15) is 0 Å². The number of rotatable bonds is 3. The van der Waals surface area contributed by atoms with Crippen LogP contribution in [0.1, 0.15) is 24.4 Å². The Bertz CT molecular complexity index is 480. The SMILES string of the molecule is NCC(c1cccc(Cl)c1Cl)N1CCN2CCCC2C1. The van der Waals surface area contributed by atoms with Crippen LogP contribution in [0.3, 0.4) is 0 Å². The second-order valence-electron chi connectivity index (χ2n) is 5.72. The monoisotopic (exact) mass is 313 g/mol. The Hall–Kier alpha value is -0.320. The Morgan fingerprint density at radius 3 is 2.90 bits per heavy atom. The number of fused-ring (bicyclic) bond motifs is 1. The van der Waals surface area contributed by atoms with Gasteiger partial charge in [-0.1, -0.05) is 35.3 Å². The van der Waals surface area contributed by atoms with E-state index in [1.165, 1.54) is 19.4 Å². The van der Waals surface area contributed by atoms with Crippen LogP contribution in [-0.4, -0.2) is 48.6 Å². The molecular formula is C15H21Cl2N3. The van der Waals surface area contributed by atoms with E-state index >= 15 is 0 Å². The third kappa shape index (κ3) is 2.70. The Morgan fingerprint density at radius 2 is 2.10 bits per heavy atom. The summed E-state index contributed by atoms with van der Waals surface area (Å²) in [5.41, 5.74) is 7.10. The Labute approximate surface area is 130 Å². The number of nitrogens with zero attached hydrogens (tertiary/aromatic N) is 2. The van der Waals surface area contributed by atoms with Gasteiger partial charge in [0, 0.05) is 38.3 Å². The van der Waals surface area contributed by atoms with E-state index in [1.807, 2.05) is 18.2 Å². The average molecular weight is 314 g/mol. The van der Waals surface area contributed by atoms with Crippen molar-refractivity contribution in [3.8, 4) is 0 Å². The molecule has 0 saturated carbocycles. The van der Waals surface area contributed by atoms with E-state index in [0.717, 1.165) is 25.2 Å². The summed E-state index contributed by atoms with van der Waals surface area (Å²) >= 11 is 12.5. The van der Waals surface area contributed by atoms with Crippen LogP contribution < -0.4 is 5.73 Å². The van der Waals surface area contributed by atoms with E-state index in [1.54, 1.807) is 0 Å². The second kappa shape index (κ2) is 6.20. The quantitative estimate of drug-likeness (QED) is 0.931. The van der Waals surface area contributed by atoms with Crippen molar-refractivity contribution < 1.29 is 0 Å². The van der Waals surface area contributed by atoms with Crippen LogP contribution in [0.15, 0.2) is 18.2 Å². The molecule has 2 atom stereocenters. The van der Waals surface area contributed by atoms with Gasteiger partial charge in [0.25, 0.3) is 0 Å². The Morgan fingerprint density at radius 1 is 1.25 bits per heavy atom. The number of benzene rings is 1.